The van der Waals surface area contributed by atoms with Crippen LogP contribution in [0.5, 0.6) is 5.75 Å². The van der Waals surface area contributed by atoms with Gasteiger partial charge in [-0.3, -0.25) is 9.78 Å². The van der Waals surface area contributed by atoms with Gasteiger partial charge in [-0.2, -0.15) is 0 Å². The molecule has 0 aliphatic rings. The van der Waals surface area contributed by atoms with E-state index in [0.29, 0.717) is 11.3 Å². The predicted octanol–water partition coefficient (Wildman–Crippen LogP) is 4.06. The number of hydrogen-bond acceptors (Lipinski definition) is 3. The van der Waals surface area contributed by atoms with Gasteiger partial charge in [-0.05, 0) is 31.2 Å². The van der Waals surface area contributed by atoms with Crippen molar-refractivity contribution in [2.24, 2.45) is 0 Å². The van der Waals surface area contributed by atoms with Gasteiger partial charge >= 0.3 is 0 Å². The summed E-state index contributed by atoms with van der Waals surface area (Å²) in [6.45, 7) is 1.45. The molecule has 3 rings (SSSR count). The first-order valence-electron chi connectivity index (χ1n) is 7.42. The van der Waals surface area contributed by atoms with Crippen LogP contribution in [0.3, 0.4) is 0 Å². The summed E-state index contributed by atoms with van der Waals surface area (Å²) in [5.74, 6) is -4.78. The topological polar surface area (TPSA) is 51.2 Å². The Balaban J connectivity index is 1.78. The third-order valence-electron chi connectivity index (χ3n) is 3.56. The molecule has 1 aromatic heterocycles. The molecule has 0 saturated heterocycles. The number of halogens is 3. The number of hydrogen-bond donors (Lipinski definition) is 1. The Kier molecular flexibility index (Phi) is 4.56. The molecule has 1 atom stereocenters. The number of fused-ring (bicyclic) bond motifs is 1. The number of ether oxygens (including phenoxy) is 1. The molecule has 1 amide bonds. The normalized spacial score (nSPS) is 12.0. The number of nitrogens with one attached hydrogen (secondary N) is 1. The number of amides is 1. The maximum atomic E-state index is 13.6. The van der Waals surface area contributed by atoms with E-state index in [9.17, 15) is 18.0 Å². The third kappa shape index (κ3) is 3.40. The van der Waals surface area contributed by atoms with Crippen molar-refractivity contribution in [3.05, 3.63) is 66.1 Å². The number of benzene rings is 2. The van der Waals surface area contributed by atoms with Crippen molar-refractivity contribution >= 4 is 22.5 Å². The molecule has 25 heavy (non-hydrogen) atoms. The van der Waals surface area contributed by atoms with Crippen molar-refractivity contribution in [2.75, 3.05) is 5.32 Å². The summed E-state index contributed by atoms with van der Waals surface area (Å²) in [4.78, 5) is 16.4. The van der Waals surface area contributed by atoms with Crippen LogP contribution in [-0.2, 0) is 4.79 Å². The number of anilines is 1. The van der Waals surface area contributed by atoms with Gasteiger partial charge in [-0.25, -0.2) is 13.2 Å². The molecular weight excluding hydrogens is 333 g/mol. The maximum Gasteiger partial charge on any atom is 0.265 e. The summed E-state index contributed by atoms with van der Waals surface area (Å²) in [6.07, 6.45) is 0.580. The smallest absolute Gasteiger partial charge is 0.265 e. The Hall–Kier alpha value is -3.09. The average molecular weight is 346 g/mol. The number of aromatic nitrogens is 1. The molecule has 0 fully saturated rings. The first kappa shape index (κ1) is 16.8. The standard InChI is InChI=1S/C18H13F3N2O2/c1-10(18(24)23-13-8-7-12(19)15(20)16(13)21)25-14-6-2-4-11-5-3-9-22-17(11)14/h2-10H,1H3,(H,23,24)/t10-/m1/s1. The molecular formula is C18H13F3N2O2. The number of nitrogens with zero attached hydrogens (tertiary/aromatic N) is 1. The lowest BCUT2D eigenvalue weighted by molar-refractivity contribution is -0.122. The monoisotopic (exact) mass is 346 g/mol. The Morgan fingerprint density at radius 2 is 1.84 bits per heavy atom. The molecule has 0 aliphatic carbocycles. The van der Waals surface area contributed by atoms with Crippen molar-refractivity contribution in [3.63, 3.8) is 0 Å². The minimum Gasteiger partial charge on any atom is -0.479 e. The number of pyridine rings is 1. The van der Waals surface area contributed by atoms with E-state index in [1.54, 1.807) is 24.4 Å². The van der Waals surface area contributed by atoms with Crippen molar-refractivity contribution in [1.82, 2.24) is 4.98 Å². The fourth-order valence-corrected chi connectivity index (χ4v) is 2.27. The minimum atomic E-state index is -1.65. The van der Waals surface area contributed by atoms with Crippen LogP contribution in [0.15, 0.2) is 48.7 Å². The lowest BCUT2D eigenvalue weighted by atomic mass is 10.2. The van der Waals surface area contributed by atoms with Gasteiger partial charge in [0.05, 0.1) is 5.69 Å². The van der Waals surface area contributed by atoms with Gasteiger partial charge in [0.25, 0.3) is 5.91 Å². The van der Waals surface area contributed by atoms with Crippen molar-refractivity contribution in [2.45, 2.75) is 13.0 Å². The molecule has 0 aliphatic heterocycles. The molecule has 7 heteroatoms. The summed E-state index contributed by atoms with van der Waals surface area (Å²) in [7, 11) is 0. The van der Waals surface area contributed by atoms with E-state index in [-0.39, 0.29) is 0 Å². The highest BCUT2D eigenvalue weighted by Gasteiger charge is 2.20. The summed E-state index contributed by atoms with van der Waals surface area (Å²) in [5.41, 5.74) is 0.110. The van der Waals surface area contributed by atoms with Crippen molar-refractivity contribution in [1.29, 1.82) is 0 Å². The number of para-hydroxylation sites is 1. The Labute approximate surface area is 141 Å². The zero-order chi connectivity index (χ0) is 18.0. The highest BCUT2D eigenvalue weighted by atomic mass is 19.2. The summed E-state index contributed by atoms with van der Waals surface area (Å²) >= 11 is 0. The number of carbonyl (C=O) groups is 1. The lowest BCUT2D eigenvalue weighted by Crippen LogP contribution is -2.30. The molecule has 4 nitrogen and oxygen atoms in total. The van der Waals surface area contributed by atoms with E-state index < -0.39 is 35.2 Å². The second-order valence-electron chi connectivity index (χ2n) is 5.30. The molecule has 0 unspecified atom stereocenters. The van der Waals surface area contributed by atoms with E-state index in [4.69, 9.17) is 4.74 Å². The minimum absolute atomic E-state index is 0.381. The largest absolute Gasteiger partial charge is 0.479 e. The molecule has 1 N–H and O–H groups in total. The molecule has 3 aromatic rings. The predicted molar refractivity (Wildman–Crippen MR) is 86.8 cm³/mol. The van der Waals surface area contributed by atoms with Gasteiger partial charge < -0.3 is 10.1 Å². The Morgan fingerprint density at radius 1 is 1.08 bits per heavy atom. The molecule has 0 spiro atoms. The SMILES string of the molecule is C[C@@H](Oc1cccc2cccnc12)C(=O)Nc1ccc(F)c(F)c1F. The van der Waals surface area contributed by atoms with E-state index in [1.807, 2.05) is 12.1 Å². The van der Waals surface area contributed by atoms with E-state index in [0.717, 1.165) is 17.5 Å². The molecule has 128 valence electrons. The van der Waals surface area contributed by atoms with Crippen LogP contribution in [0.25, 0.3) is 10.9 Å². The van der Waals surface area contributed by atoms with E-state index in [2.05, 4.69) is 10.3 Å². The highest BCUT2D eigenvalue weighted by molar-refractivity contribution is 5.94. The number of carbonyl (C=O) groups excluding carboxylic acids is 1. The van der Waals surface area contributed by atoms with Crippen LogP contribution < -0.4 is 10.1 Å². The zero-order valence-corrected chi connectivity index (χ0v) is 13.1. The Morgan fingerprint density at radius 3 is 2.64 bits per heavy atom. The quantitative estimate of drug-likeness (QED) is 0.725. The lowest BCUT2D eigenvalue weighted by Gasteiger charge is -2.16. The van der Waals surface area contributed by atoms with Gasteiger partial charge in [0.15, 0.2) is 23.6 Å². The number of rotatable bonds is 4. The molecule has 2 aromatic carbocycles. The van der Waals surface area contributed by atoms with Gasteiger partial charge in [-0.1, -0.05) is 18.2 Å². The summed E-state index contributed by atoms with van der Waals surface area (Å²) < 4.78 is 45.4. The van der Waals surface area contributed by atoms with Crippen LogP contribution >= 0.6 is 0 Å². The average Bonchev–Trinajstić information content (AvgIpc) is 2.62. The second kappa shape index (κ2) is 6.80. The maximum absolute atomic E-state index is 13.6. The second-order valence-corrected chi connectivity index (χ2v) is 5.30. The van der Waals surface area contributed by atoms with Crippen LogP contribution in [0.2, 0.25) is 0 Å². The van der Waals surface area contributed by atoms with Crippen LogP contribution in [0.4, 0.5) is 18.9 Å². The molecule has 0 radical (unpaired) electrons. The van der Waals surface area contributed by atoms with Crippen LogP contribution in [0, 0.1) is 17.5 Å². The van der Waals surface area contributed by atoms with Crippen LogP contribution in [0.1, 0.15) is 6.92 Å². The van der Waals surface area contributed by atoms with Gasteiger partial charge in [-0.15, -0.1) is 0 Å². The van der Waals surface area contributed by atoms with Gasteiger partial charge in [0.2, 0.25) is 0 Å². The zero-order valence-electron chi connectivity index (χ0n) is 13.1. The van der Waals surface area contributed by atoms with Crippen molar-refractivity contribution in [3.8, 4) is 5.75 Å². The fraction of sp³-hybridized carbons (Fsp3) is 0.111. The van der Waals surface area contributed by atoms with Crippen LogP contribution in [-0.4, -0.2) is 17.0 Å². The van der Waals surface area contributed by atoms with Gasteiger partial charge in [0.1, 0.15) is 11.3 Å². The fourth-order valence-electron chi connectivity index (χ4n) is 2.27. The summed E-state index contributed by atoms with van der Waals surface area (Å²) in [6, 6.07) is 10.5. The van der Waals surface area contributed by atoms with Gasteiger partial charge in [0, 0.05) is 11.6 Å². The van der Waals surface area contributed by atoms with E-state index in [1.165, 1.54) is 6.92 Å². The van der Waals surface area contributed by atoms with Crippen molar-refractivity contribution < 1.29 is 22.7 Å². The Bertz CT molecular complexity index is 942. The summed E-state index contributed by atoms with van der Waals surface area (Å²) in [5, 5.41) is 3.01. The molecule has 0 saturated carbocycles. The third-order valence-corrected chi connectivity index (χ3v) is 3.56. The first-order valence-corrected chi connectivity index (χ1v) is 7.42. The first-order chi connectivity index (χ1) is 12.0. The highest BCUT2D eigenvalue weighted by Crippen LogP contribution is 2.25. The molecule has 1 heterocycles. The molecule has 0 bridgehead atoms. The van der Waals surface area contributed by atoms with E-state index >= 15 is 0 Å².